The number of hydrogen-bond donors (Lipinski definition) is 1. The summed E-state index contributed by atoms with van der Waals surface area (Å²) in [6.45, 7) is 1.38. The first-order chi connectivity index (χ1) is 6.00. The van der Waals surface area contributed by atoms with E-state index in [0.717, 1.165) is 0 Å². The second-order valence-corrected chi connectivity index (χ2v) is 2.77. The molecule has 0 radical (unpaired) electrons. The summed E-state index contributed by atoms with van der Waals surface area (Å²) in [7, 11) is 3.53. The number of nitrogen functional groups attached to an aromatic ring is 1. The second kappa shape index (κ2) is 3.34. The van der Waals surface area contributed by atoms with Crippen molar-refractivity contribution in [2.75, 3.05) is 24.7 Å². The molecule has 0 unspecified atom stereocenters. The zero-order chi connectivity index (χ0) is 10.0. The van der Waals surface area contributed by atoms with Crippen molar-refractivity contribution in [3.05, 3.63) is 5.82 Å². The standard InChI is InChI=1S/C7H11N5O/c1-4(13)5-9-6(8)11-7(10-5)12(2)3/h1-3H3,(H2,8,9,10,11). The molecule has 0 bridgehead atoms. The molecule has 0 aliphatic heterocycles. The molecule has 0 saturated carbocycles. The van der Waals surface area contributed by atoms with Crippen molar-refractivity contribution in [1.29, 1.82) is 0 Å². The molecule has 0 aliphatic carbocycles. The molecular formula is C7H11N5O. The maximum absolute atomic E-state index is 10.9. The van der Waals surface area contributed by atoms with Crippen LogP contribution in [-0.4, -0.2) is 34.8 Å². The van der Waals surface area contributed by atoms with Crippen LogP contribution in [0.5, 0.6) is 0 Å². The molecule has 0 saturated heterocycles. The molecule has 1 rings (SSSR count). The summed E-state index contributed by atoms with van der Waals surface area (Å²) in [5.74, 6) is 0.315. The molecule has 0 spiro atoms. The maximum atomic E-state index is 10.9. The van der Waals surface area contributed by atoms with Gasteiger partial charge in [0.25, 0.3) is 0 Å². The van der Waals surface area contributed by atoms with E-state index in [2.05, 4.69) is 15.0 Å². The summed E-state index contributed by atoms with van der Waals surface area (Å²) < 4.78 is 0. The van der Waals surface area contributed by atoms with Crippen LogP contribution in [0, 0.1) is 0 Å². The van der Waals surface area contributed by atoms with Crippen molar-refractivity contribution in [3.63, 3.8) is 0 Å². The van der Waals surface area contributed by atoms with Crippen molar-refractivity contribution in [2.24, 2.45) is 0 Å². The average molecular weight is 181 g/mol. The van der Waals surface area contributed by atoms with Crippen LogP contribution in [0.3, 0.4) is 0 Å². The average Bonchev–Trinajstić information content (AvgIpc) is 2.03. The van der Waals surface area contributed by atoms with Crippen LogP contribution in [0.4, 0.5) is 11.9 Å². The van der Waals surface area contributed by atoms with Crippen molar-refractivity contribution >= 4 is 17.7 Å². The van der Waals surface area contributed by atoms with Gasteiger partial charge in [0, 0.05) is 21.0 Å². The molecule has 0 amide bonds. The molecule has 1 heterocycles. The van der Waals surface area contributed by atoms with Gasteiger partial charge in [0.05, 0.1) is 0 Å². The first kappa shape index (κ1) is 9.37. The van der Waals surface area contributed by atoms with E-state index in [4.69, 9.17) is 5.73 Å². The molecule has 6 heteroatoms. The van der Waals surface area contributed by atoms with E-state index in [0.29, 0.717) is 5.95 Å². The topological polar surface area (TPSA) is 85.0 Å². The van der Waals surface area contributed by atoms with Gasteiger partial charge in [0.1, 0.15) is 0 Å². The fourth-order valence-electron chi connectivity index (χ4n) is 0.738. The molecule has 0 atom stereocenters. The van der Waals surface area contributed by atoms with Gasteiger partial charge in [-0.05, 0) is 0 Å². The number of carbonyl (C=O) groups excluding carboxylic acids is 1. The normalized spacial score (nSPS) is 9.77. The monoisotopic (exact) mass is 181 g/mol. The van der Waals surface area contributed by atoms with Gasteiger partial charge in [0.15, 0.2) is 5.78 Å². The Kier molecular flexibility index (Phi) is 2.41. The fourth-order valence-corrected chi connectivity index (χ4v) is 0.738. The Bertz CT molecular complexity index is 336. The van der Waals surface area contributed by atoms with Crippen LogP contribution in [-0.2, 0) is 0 Å². The number of Topliss-reactive ketones (excluding diaryl/α,β-unsaturated/α-hetero) is 1. The maximum Gasteiger partial charge on any atom is 0.230 e. The number of ketones is 1. The third-order valence-corrected chi connectivity index (χ3v) is 1.36. The van der Waals surface area contributed by atoms with Gasteiger partial charge in [-0.15, -0.1) is 0 Å². The van der Waals surface area contributed by atoms with Gasteiger partial charge < -0.3 is 10.6 Å². The van der Waals surface area contributed by atoms with Crippen LogP contribution in [0.15, 0.2) is 0 Å². The lowest BCUT2D eigenvalue weighted by molar-refractivity contribution is 0.100. The number of carbonyl (C=O) groups is 1. The zero-order valence-corrected chi connectivity index (χ0v) is 7.77. The van der Waals surface area contributed by atoms with Crippen LogP contribution in [0.2, 0.25) is 0 Å². The molecule has 6 nitrogen and oxygen atoms in total. The summed E-state index contributed by atoms with van der Waals surface area (Å²) in [4.78, 5) is 24.0. The van der Waals surface area contributed by atoms with E-state index in [1.807, 2.05) is 0 Å². The summed E-state index contributed by atoms with van der Waals surface area (Å²) in [5.41, 5.74) is 5.39. The largest absolute Gasteiger partial charge is 0.368 e. The highest BCUT2D eigenvalue weighted by atomic mass is 16.1. The minimum Gasteiger partial charge on any atom is -0.368 e. The second-order valence-electron chi connectivity index (χ2n) is 2.77. The Morgan fingerprint density at radius 1 is 1.31 bits per heavy atom. The van der Waals surface area contributed by atoms with Gasteiger partial charge in [0.2, 0.25) is 17.7 Å². The SMILES string of the molecule is CC(=O)c1nc(N)nc(N(C)C)n1. The Morgan fingerprint density at radius 3 is 2.38 bits per heavy atom. The zero-order valence-electron chi connectivity index (χ0n) is 7.77. The highest BCUT2D eigenvalue weighted by molar-refractivity contribution is 5.90. The smallest absolute Gasteiger partial charge is 0.230 e. The number of nitrogens with two attached hydrogens (primary N) is 1. The van der Waals surface area contributed by atoms with Crippen molar-refractivity contribution in [1.82, 2.24) is 15.0 Å². The summed E-state index contributed by atoms with van der Waals surface area (Å²) in [6.07, 6.45) is 0. The predicted octanol–water partition coefficient (Wildman–Crippen LogP) is -0.278. The lowest BCUT2D eigenvalue weighted by atomic mass is 10.4. The molecule has 0 aliphatic rings. The quantitative estimate of drug-likeness (QED) is 0.632. The van der Waals surface area contributed by atoms with Gasteiger partial charge in [-0.25, -0.2) is 0 Å². The first-order valence-electron chi connectivity index (χ1n) is 3.70. The number of nitrogens with zero attached hydrogens (tertiary/aromatic N) is 4. The molecule has 70 valence electrons. The van der Waals surface area contributed by atoms with E-state index < -0.39 is 0 Å². The molecule has 13 heavy (non-hydrogen) atoms. The molecule has 0 fully saturated rings. The third-order valence-electron chi connectivity index (χ3n) is 1.36. The first-order valence-corrected chi connectivity index (χ1v) is 3.70. The minimum absolute atomic E-state index is 0.0592. The number of anilines is 2. The number of rotatable bonds is 2. The number of hydrogen-bond acceptors (Lipinski definition) is 6. The minimum atomic E-state index is -0.225. The van der Waals surface area contributed by atoms with Gasteiger partial charge in [-0.3, -0.25) is 4.79 Å². The summed E-state index contributed by atoms with van der Waals surface area (Å²) in [6, 6.07) is 0. The molecule has 1 aromatic rings. The van der Waals surface area contributed by atoms with E-state index in [9.17, 15) is 4.79 Å². The summed E-state index contributed by atoms with van der Waals surface area (Å²) >= 11 is 0. The number of aromatic nitrogens is 3. The van der Waals surface area contributed by atoms with Crippen LogP contribution in [0.25, 0.3) is 0 Å². The van der Waals surface area contributed by atoms with Crippen LogP contribution >= 0.6 is 0 Å². The van der Waals surface area contributed by atoms with Gasteiger partial charge in [-0.2, -0.15) is 15.0 Å². The predicted molar refractivity (Wildman–Crippen MR) is 48.6 cm³/mol. The fraction of sp³-hybridized carbons (Fsp3) is 0.429. The lowest BCUT2D eigenvalue weighted by Gasteiger charge is -2.09. The van der Waals surface area contributed by atoms with Gasteiger partial charge in [-0.1, -0.05) is 0 Å². The Labute approximate surface area is 75.8 Å². The highest BCUT2D eigenvalue weighted by Gasteiger charge is 2.08. The van der Waals surface area contributed by atoms with Crippen molar-refractivity contribution < 1.29 is 4.79 Å². The molecule has 2 N–H and O–H groups in total. The van der Waals surface area contributed by atoms with E-state index in [-0.39, 0.29) is 17.6 Å². The molecular weight excluding hydrogens is 170 g/mol. The van der Waals surface area contributed by atoms with E-state index in [1.54, 1.807) is 19.0 Å². The van der Waals surface area contributed by atoms with Crippen LogP contribution in [0.1, 0.15) is 17.5 Å². The van der Waals surface area contributed by atoms with E-state index >= 15 is 0 Å². The Morgan fingerprint density at radius 2 is 1.92 bits per heavy atom. The van der Waals surface area contributed by atoms with Gasteiger partial charge >= 0.3 is 0 Å². The van der Waals surface area contributed by atoms with Crippen molar-refractivity contribution in [3.8, 4) is 0 Å². The highest BCUT2D eigenvalue weighted by Crippen LogP contribution is 2.05. The van der Waals surface area contributed by atoms with E-state index in [1.165, 1.54) is 6.92 Å². The van der Waals surface area contributed by atoms with Crippen molar-refractivity contribution in [2.45, 2.75) is 6.92 Å². The summed E-state index contributed by atoms with van der Waals surface area (Å²) in [5, 5.41) is 0. The third kappa shape index (κ3) is 2.11. The Balaban J connectivity index is 3.19. The Hall–Kier alpha value is -1.72. The van der Waals surface area contributed by atoms with Crippen LogP contribution < -0.4 is 10.6 Å². The lowest BCUT2D eigenvalue weighted by Crippen LogP contribution is -2.17. The molecule has 1 aromatic heterocycles. The molecule has 0 aromatic carbocycles.